The highest BCUT2D eigenvalue weighted by molar-refractivity contribution is 7.98. The second kappa shape index (κ2) is 8.63. The molecule has 102 valence electrons. The fourth-order valence-corrected chi connectivity index (χ4v) is 1.97. The van der Waals surface area contributed by atoms with Crippen molar-refractivity contribution in [3.05, 3.63) is 35.4 Å². The lowest BCUT2D eigenvalue weighted by atomic mass is 10.1. The van der Waals surface area contributed by atoms with Crippen LogP contribution in [0.15, 0.2) is 24.3 Å². The van der Waals surface area contributed by atoms with Crippen molar-refractivity contribution < 1.29 is 4.79 Å². The maximum atomic E-state index is 11.8. The molecule has 1 amide bonds. The fraction of sp³-hybridized carbons (Fsp3) is 0.400. The van der Waals surface area contributed by atoms with Crippen LogP contribution >= 0.6 is 11.8 Å². The standard InChI is InChI=1S/C15H20N2OS/c1-17(15(18)9-11-19-2)12-14-7-5-13(6-8-14)4-3-10-16/h5-8H,9-12,16H2,1-2H3. The smallest absolute Gasteiger partial charge is 0.223 e. The first kappa shape index (κ1) is 15.6. The molecule has 0 saturated heterocycles. The molecular formula is C15H20N2OS. The van der Waals surface area contributed by atoms with Crippen molar-refractivity contribution in [2.45, 2.75) is 13.0 Å². The Hall–Kier alpha value is -1.44. The van der Waals surface area contributed by atoms with E-state index in [4.69, 9.17) is 5.73 Å². The molecule has 1 aromatic carbocycles. The zero-order chi connectivity index (χ0) is 14.1. The Kier molecular flexibility index (Phi) is 7.09. The molecule has 0 aliphatic carbocycles. The predicted molar refractivity (Wildman–Crippen MR) is 81.8 cm³/mol. The van der Waals surface area contributed by atoms with Crippen molar-refractivity contribution in [1.29, 1.82) is 0 Å². The number of rotatable bonds is 5. The van der Waals surface area contributed by atoms with Gasteiger partial charge in [-0.1, -0.05) is 24.0 Å². The Bertz CT molecular complexity index is 459. The minimum Gasteiger partial charge on any atom is -0.341 e. The van der Waals surface area contributed by atoms with Gasteiger partial charge in [0, 0.05) is 31.3 Å². The molecule has 0 aliphatic heterocycles. The van der Waals surface area contributed by atoms with Crippen LogP contribution in [0.25, 0.3) is 0 Å². The molecule has 3 nitrogen and oxygen atoms in total. The van der Waals surface area contributed by atoms with Gasteiger partial charge in [0.1, 0.15) is 0 Å². The second-order valence-electron chi connectivity index (χ2n) is 4.20. The van der Waals surface area contributed by atoms with Crippen LogP contribution in [0, 0.1) is 11.8 Å². The Morgan fingerprint density at radius 1 is 1.37 bits per heavy atom. The quantitative estimate of drug-likeness (QED) is 0.833. The van der Waals surface area contributed by atoms with Crippen molar-refractivity contribution in [3.8, 4) is 11.8 Å². The molecule has 0 fully saturated rings. The Balaban J connectivity index is 2.55. The lowest BCUT2D eigenvalue weighted by molar-refractivity contribution is -0.129. The number of carbonyl (C=O) groups is 1. The van der Waals surface area contributed by atoms with Gasteiger partial charge in [-0.2, -0.15) is 11.8 Å². The minimum absolute atomic E-state index is 0.182. The van der Waals surface area contributed by atoms with Gasteiger partial charge >= 0.3 is 0 Å². The average molecular weight is 276 g/mol. The van der Waals surface area contributed by atoms with E-state index < -0.39 is 0 Å². The SMILES string of the molecule is CSCCC(=O)N(C)Cc1ccc(C#CCN)cc1. The van der Waals surface area contributed by atoms with E-state index >= 15 is 0 Å². The number of hydrogen-bond acceptors (Lipinski definition) is 3. The fourth-order valence-electron chi connectivity index (χ4n) is 1.59. The molecule has 0 heterocycles. The van der Waals surface area contributed by atoms with E-state index in [0.717, 1.165) is 16.9 Å². The van der Waals surface area contributed by atoms with Gasteiger partial charge in [0.25, 0.3) is 0 Å². The van der Waals surface area contributed by atoms with Crippen molar-refractivity contribution in [3.63, 3.8) is 0 Å². The topological polar surface area (TPSA) is 46.3 Å². The number of amides is 1. The van der Waals surface area contributed by atoms with Crippen LogP contribution in [0.3, 0.4) is 0 Å². The van der Waals surface area contributed by atoms with E-state index in [9.17, 15) is 4.79 Å². The molecule has 0 saturated carbocycles. The molecule has 0 bridgehead atoms. The van der Waals surface area contributed by atoms with Gasteiger partial charge in [0.2, 0.25) is 5.91 Å². The van der Waals surface area contributed by atoms with Crippen molar-refractivity contribution >= 4 is 17.7 Å². The van der Waals surface area contributed by atoms with E-state index in [1.165, 1.54) is 0 Å². The first-order valence-corrected chi connectivity index (χ1v) is 7.57. The Morgan fingerprint density at radius 2 is 2.05 bits per heavy atom. The van der Waals surface area contributed by atoms with Crippen molar-refractivity contribution in [1.82, 2.24) is 4.90 Å². The maximum absolute atomic E-state index is 11.8. The van der Waals surface area contributed by atoms with E-state index in [2.05, 4.69) is 11.8 Å². The lowest BCUT2D eigenvalue weighted by Crippen LogP contribution is -2.26. The lowest BCUT2D eigenvalue weighted by Gasteiger charge is -2.17. The maximum Gasteiger partial charge on any atom is 0.223 e. The van der Waals surface area contributed by atoms with Gasteiger partial charge in [-0.15, -0.1) is 0 Å². The highest BCUT2D eigenvalue weighted by atomic mass is 32.2. The summed E-state index contributed by atoms with van der Waals surface area (Å²) in [5.74, 6) is 6.85. The van der Waals surface area contributed by atoms with Crippen LogP contribution in [0.5, 0.6) is 0 Å². The molecule has 2 N–H and O–H groups in total. The molecular weight excluding hydrogens is 256 g/mol. The highest BCUT2D eigenvalue weighted by Gasteiger charge is 2.08. The predicted octanol–water partition coefficient (Wildman–Crippen LogP) is 1.71. The van der Waals surface area contributed by atoms with E-state index in [-0.39, 0.29) is 5.91 Å². The molecule has 0 aliphatic rings. The zero-order valence-electron chi connectivity index (χ0n) is 11.5. The molecule has 0 unspecified atom stereocenters. The van der Waals surface area contributed by atoms with Crippen LogP contribution < -0.4 is 5.73 Å². The van der Waals surface area contributed by atoms with Crippen molar-refractivity contribution in [2.24, 2.45) is 5.73 Å². The molecule has 0 aromatic heterocycles. The monoisotopic (exact) mass is 276 g/mol. The van der Waals surface area contributed by atoms with E-state index in [0.29, 0.717) is 19.5 Å². The summed E-state index contributed by atoms with van der Waals surface area (Å²) < 4.78 is 0. The summed E-state index contributed by atoms with van der Waals surface area (Å²) in [4.78, 5) is 13.6. The number of nitrogens with two attached hydrogens (primary N) is 1. The first-order valence-electron chi connectivity index (χ1n) is 6.18. The van der Waals surface area contributed by atoms with E-state index in [1.807, 2.05) is 37.6 Å². The summed E-state index contributed by atoms with van der Waals surface area (Å²) in [5, 5.41) is 0. The summed E-state index contributed by atoms with van der Waals surface area (Å²) in [6, 6.07) is 7.91. The number of benzene rings is 1. The Morgan fingerprint density at radius 3 is 2.63 bits per heavy atom. The summed E-state index contributed by atoms with van der Waals surface area (Å²) in [5.41, 5.74) is 7.39. The third-order valence-corrected chi connectivity index (χ3v) is 3.27. The summed E-state index contributed by atoms with van der Waals surface area (Å²) >= 11 is 1.69. The van der Waals surface area contributed by atoms with Gasteiger partial charge in [0.05, 0.1) is 6.54 Å². The van der Waals surface area contributed by atoms with Crippen LogP contribution in [-0.2, 0) is 11.3 Å². The molecule has 0 radical (unpaired) electrons. The highest BCUT2D eigenvalue weighted by Crippen LogP contribution is 2.08. The van der Waals surface area contributed by atoms with Crippen LogP contribution in [-0.4, -0.2) is 36.4 Å². The average Bonchev–Trinajstić information content (AvgIpc) is 2.43. The summed E-state index contributed by atoms with van der Waals surface area (Å²) in [6.45, 7) is 1.01. The third kappa shape index (κ3) is 5.82. The van der Waals surface area contributed by atoms with Gasteiger partial charge < -0.3 is 10.6 Å². The number of carbonyl (C=O) groups excluding carboxylic acids is 1. The first-order chi connectivity index (χ1) is 9.17. The van der Waals surface area contributed by atoms with Gasteiger partial charge in [0.15, 0.2) is 0 Å². The number of hydrogen-bond donors (Lipinski definition) is 1. The van der Waals surface area contributed by atoms with Gasteiger partial charge in [-0.05, 0) is 24.0 Å². The summed E-state index contributed by atoms with van der Waals surface area (Å²) in [7, 11) is 1.84. The molecule has 0 spiro atoms. The van der Waals surface area contributed by atoms with Crippen LogP contribution in [0.2, 0.25) is 0 Å². The van der Waals surface area contributed by atoms with Crippen molar-refractivity contribution in [2.75, 3.05) is 25.6 Å². The third-order valence-electron chi connectivity index (χ3n) is 2.65. The second-order valence-corrected chi connectivity index (χ2v) is 5.18. The molecule has 19 heavy (non-hydrogen) atoms. The van der Waals surface area contributed by atoms with Crippen LogP contribution in [0.1, 0.15) is 17.5 Å². The normalized spacial score (nSPS) is 9.63. The van der Waals surface area contributed by atoms with E-state index in [1.54, 1.807) is 16.7 Å². The number of nitrogens with zero attached hydrogens (tertiary/aromatic N) is 1. The molecule has 1 aromatic rings. The zero-order valence-corrected chi connectivity index (χ0v) is 12.3. The molecule has 0 atom stereocenters. The van der Waals surface area contributed by atoms with Gasteiger partial charge in [-0.3, -0.25) is 4.79 Å². The van der Waals surface area contributed by atoms with Gasteiger partial charge in [-0.25, -0.2) is 0 Å². The largest absolute Gasteiger partial charge is 0.341 e. The molecule has 4 heteroatoms. The molecule has 1 rings (SSSR count). The van der Waals surface area contributed by atoms with Crippen LogP contribution in [0.4, 0.5) is 0 Å². The number of thioether (sulfide) groups is 1. The minimum atomic E-state index is 0.182. The summed E-state index contributed by atoms with van der Waals surface area (Å²) in [6.07, 6.45) is 2.60. The Labute approximate surface area is 119 Å².